The minimum absolute atomic E-state index is 0.0531. The van der Waals surface area contributed by atoms with Crippen LogP contribution in [0.2, 0.25) is 0 Å². The molecule has 170 valence electrons. The van der Waals surface area contributed by atoms with Gasteiger partial charge in [-0.25, -0.2) is 9.78 Å². The fourth-order valence-electron chi connectivity index (χ4n) is 3.35. The van der Waals surface area contributed by atoms with Crippen molar-refractivity contribution in [1.82, 2.24) is 25.4 Å². The van der Waals surface area contributed by atoms with Gasteiger partial charge in [0.05, 0.1) is 18.3 Å². The van der Waals surface area contributed by atoms with Gasteiger partial charge in [-0.05, 0) is 40.7 Å². The summed E-state index contributed by atoms with van der Waals surface area (Å²) in [5, 5.41) is 7.59. The van der Waals surface area contributed by atoms with Crippen LogP contribution in [-0.4, -0.2) is 86.2 Å². The molecule has 2 rings (SSSR count). The summed E-state index contributed by atoms with van der Waals surface area (Å²) in [6.07, 6.45) is 0. The molecule has 8 nitrogen and oxygen atoms in total. The Morgan fingerprint density at radius 2 is 1.97 bits per heavy atom. The molecule has 2 atom stereocenters. The predicted molar refractivity (Wildman–Crippen MR) is 123 cm³/mol. The summed E-state index contributed by atoms with van der Waals surface area (Å²) in [5.41, 5.74) is 0.713. The summed E-state index contributed by atoms with van der Waals surface area (Å²) in [5.74, 6) is 0.960. The van der Waals surface area contributed by atoms with Crippen molar-refractivity contribution in [1.29, 1.82) is 0 Å². The van der Waals surface area contributed by atoms with Gasteiger partial charge in [0.15, 0.2) is 5.96 Å². The van der Waals surface area contributed by atoms with E-state index in [0.717, 1.165) is 56.8 Å². The highest BCUT2D eigenvalue weighted by Gasteiger charge is 2.20. The Morgan fingerprint density at radius 3 is 2.60 bits per heavy atom. The Hall–Kier alpha value is -1.71. The zero-order valence-corrected chi connectivity index (χ0v) is 20.1. The number of ether oxygens (including phenoxy) is 1. The number of hydrogen-bond acceptors (Lipinski definition) is 7. The molecule has 0 amide bonds. The molecule has 0 aromatic carbocycles. The molecule has 1 aliphatic heterocycles. The fraction of sp³-hybridized carbons (Fsp3) is 0.762. The van der Waals surface area contributed by atoms with E-state index in [-0.39, 0.29) is 12.0 Å². The second kappa shape index (κ2) is 12.2. The lowest BCUT2D eigenvalue weighted by Gasteiger charge is -2.33. The van der Waals surface area contributed by atoms with E-state index in [1.165, 1.54) is 11.3 Å². The van der Waals surface area contributed by atoms with Gasteiger partial charge in [-0.2, -0.15) is 0 Å². The van der Waals surface area contributed by atoms with Crippen molar-refractivity contribution < 1.29 is 9.53 Å². The van der Waals surface area contributed by atoms with Crippen LogP contribution in [0.1, 0.15) is 54.1 Å². The van der Waals surface area contributed by atoms with E-state index < -0.39 is 0 Å². The number of aliphatic imine (C=N–C) groups is 1. The Bertz CT molecular complexity index is 700. The number of nitrogens with one attached hydrogen (secondary N) is 2. The maximum Gasteiger partial charge on any atom is 0.350 e. The number of guanidine groups is 1. The van der Waals surface area contributed by atoms with Crippen molar-refractivity contribution in [3.8, 4) is 0 Å². The maximum atomic E-state index is 12.1. The molecule has 2 unspecified atom stereocenters. The number of rotatable bonds is 9. The minimum atomic E-state index is -0.302. The van der Waals surface area contributed by atoms with Crippen LogP contribution in [0, 0.1) is 12.8 Å². The standard InChI is InChI=1S/C21H38N6O2S/c1-7-22-21(23-13-15(3)14-27-11-9-26(6)10-12-27)25-17(5)19-24-16(4)18(30-19)20(28)29-8-2/h15,17H,7-14H2,1-6H3,(H2,22,23,25). The average Bonchev–Trinajstić information content (AvgIpc) is 3.10. The molecule has 0 radical (unpaired) electrons. The van der Waals surface area contributed by atoms with Crippen LogP contribution in [0.5, 0.6) is 0 Å². The normalized spacial score (nSPS) is 18.1. The zero-order chi connectivity index (χ0) is 22.1. The van der Waals surface area contributed by atoms with Crippen molar-refractivity contribution in [3.05, 3.63) is 15.6 Å². The van der Waals surface area contributed by atoms with Crippen molar-refractivity contribution in [2.45, 2.75) is 40.7 Å². The van der Waals surface area contributed by atoms with E-state index in [4.69, 9.17) is 9.73 Å². The highest BCUT2D eigenvalue weighted by molar-refractivity contribution is 7.13. The first-order valence-electron chi connectivity index (χ1n) is 10.9. The number of carbonyl (C=O) groups is 1. The summed E-state index contributed by atoms with van der Waals surface area (Å²) in [6, 6.07) is -0.0531. The second-order valence-electron chi connectivity index (χ2n) is 7.98. The minimum Gasteiger partial charge on any atom is -0.462 e. The highest BCUT2D eigenvalue weighted by atomic mass is 32.1. The lowest BCUT2D eigenvalue weighted by Crippen LogP contribution is -2.46. The van der Waals surface area contributed by atoms with Gasteiger partial charge in [-0.1, -0.05) is 6.92 Å². The third-order valence-electron chi connectivity index (χ3n) is 5.07. The third kappa shape index (κ3) is 7.52. The van der Waals surface area contributed by atoms with Gasteiger partial charge in [0.1, 0.15) is 9.88 Å². The summed E-state index contributed by atoms with van der Waals surface area (Å²) in [4.78, 5) is 26.9. The lowest BCUT2D eigenvalue weighted by molar-refractivity contribution is 0.0531. The number of aromatic nitrogens is 1. The van der Waals surface area contributed by atoms with Gasteiger partial charge in [0.25, 0.3) is 0 Å². The summed E-state index contributed by atoms with van der Waals surface area (Å²) in [7, 11) is 2.18. The largest absolute Gasteiger partial charge is 0.462 e. The number of thiazole rings is 1. The zero-order valence-electron chi connectivity index (χ0n) is 19.3. The van der Waals surface area contributed by atoms with E-state index in [1.54, 1.807) is 0 Å². The van der Waals surface area contributed by atoms with Gasteiger partial charge >= 0.3 is 5.97 Å². The Kier molecular flexibility index (Phi) is 10.0. The van der Waals surface area contributed by atoms with Crippen LogP contribution in [0.25, 0.3) is 0 Å². The van der Waals surface area contributed by atoms with E-state index in [0.29, 0.717) is 23.1 Å². The molecular weight excluding hydrogens is 400 g/mol. The summed E-state index contributed by atoms with van der Waals surface area (Å²) >= 11 is 1.38. The lowest BCUT2D eigenvalue weighted by atomic mass is 10.1. The molecule has 1 aliphatic rings. The van der Waals surface area contributed by atoms with Crippen molar-refractivity contribution in [2.75, 3.05) is 59.5 Å². The number of nitrogens with zero attached hydrogens (tertiary/aromatic N) is 4. The molecule has 0 spiro atoms. The molecular formula is C21H38N6O2S. The predicted octanol–water partition coefficient (Wildman–Crippen LogP) is 2.13. The molecule has 1 saturated heterocycles. The summed E-state index contributed by atoms with van der Waals surface area (Å²) in [6.45, 7) is 17.5. The van der Waals surface area contributed by atoms with Gasteiger partial charge < -0.3 is 25.2 Å². The topological polar surface area (TPSA) is 82.1 Å². The SMILES string of the molecule is CCNC(=NCC(C)CN1CCN(C)CC1)NC(C)c1nc(C)c(C(=O)OCC)s1. The Balaban J connectivity index is 1.93. The first kappa shape index (κ1) is 24.6. The molecule has 0 saturated carbocycles. The molecule has 2 heterocycles. The van der Waals surface area contributed by atoms with Crippen molar-refractivity contribution in [3.63, 3.8) is 0 Å². The number of esters is 1. The van der Waals surface area contributed by atoms with Crippen molar-refractivity contribution >= 4 is 23.3 Å². The van der Waals surface area contributed by atoms with Crippen LogP contribution < -0.4 is 10.6 Å². The van der Waals surface area contributed by atoms with Gasteiger partial charge in [0.2, 0.25) is 0 Å². The molecule has 0 aliphatic carbocycles. The first-order chi connectivity index (χ1) is 14.3. The van der Waals surface area contributed by atoms with Gasteiger partial charge in [-0.15, -0.1) is 11.3 Å². The number of hydrogen-bond donors (Lipinski definition) is 2. The van der Waals surface area contributed by atoms with E-state index in [2.05, 4.69) is 46.3 Å². The molecule has 0 bridgehead atoms. The number of piperazine rings is 1. The highest BCUT2D eigenvalue weighted by Crippen LogP contribution is 2.24. The molecule has 1 fully saturated rings. The molecule has 30 heavy (non-hydrogen) atoms. The number of likely N-dealkylation sites (N-methyl/N-ethyl adjacent to an activating group) is 1. The van der Waals surface area contributed by atoms with Gasteiger partial charge in [0, 0.05) is 45.8 Å². The second-order valence-corrected chi connectivity index (χ2v) is 9.01. The third-order valence-corrected chi connectivity index (χ3v) is 6.39. The van der Waals surface area contributed by atoms with Crippen LogP contribution in [0.15, 0.2) is 4.99 Å². The van der Waals surface area contributed by atoms with Crippen LogP contribution >= 0.6 is 11.3 Å². The van der Waals surface area contributed by atoms with Crippen LogP contribution in [0.3, 0.4) is 0 Å². The van der Waals surface area contributed by atoms with Crippen molar-refractivity contribution in [2.24, 2.45) is 10.9 Å². The number of carbonyl (C=O) groups excluding carboxylic acids is 1. The quantitative estimate of drug-likeness (QED) is 0.347. The summed E-state index contributed by atoms with van der Waals surface area (Å²) < 4.78 is 5.12. The first-order valence-corrected chi connectivity index (χ1v) is 11.8. The Morgan fingerprint density at radius 1 is 1.27 bits per heavy atom. The van der Waals surface area contributed by atoms with E-state index in [1.807, 2.05) is 20.8 Å². The monoisotopic (exact) mass is 438 g/mol. The molecule has 1 aromatic rings. The smallest absolute Gasteiger partial charge is 0.350 e. The molecule has 2 N–H and O–H groups in total. The van der Waals surface area contributed by atoms with E-state index >= 15 is 0 Å². The van der Waals surface area contributed by atoms with E-state index in [9.17, 15) is 4.79 Å². The average molecular weight is 439 g/mol. The van der Waals surface area contributed by atoms with Crippen LogP contribution in [-0.2, 0) is 4.74 Å². The Labute approximate surface area is 185 Å². The molecule has 9 heteroatoms. The molecule has 1 aromatic heterocycles. The van der Waals surface area contributed by atoms with Crippen LogP contribution in [0.4, 0.5) is 0 Å². The van der Waals surface area contributed by atoms with Gasteiger partial charge in [-0.3, -0.25) is 4.99 Å². The number of aryl methyl sites for hydroxylation is 1. The maximum absolute atomic E-state index is 12.1. The fourth-order valence-corrected chi connectivity index (χ4v) is 4.31.